The second kappa shape index (κ2) is 3.85. The molecule has 0 aliphatic carbocycles. The van der Waals surface area contributed by atoms with Crippen molar-refractivity contribution in [2.75, 3.05) is 7.11 Å². The van der Waals surface area contributed by atoms with Gasteiger partial charge in [-0.2, -0.15) is 0 Å². The molecule has 0 atom stereocenters. The quantitative estimate of drug-likeness (QED) is 0.567. The van der Waals surface area contributed by atoms with Crippen LogP contribution in [-0.4, -0.2) is 7.11 Å². The number of benzene rings is 1. The molecular weight excluding hydrogens is 227 g/mol. The van der Waals surface area contributed by atoms with Crippen LogP contribution in [0.3, 0.4) is 0 Å². The summed E-state index contributed by atoms with van der Waals surface area (Å²) < 4.78 is 6.37. The average molecular weight is 235 g/mol. The molecule has 0 aliphatic rings. The summed E-state index contributed by atoms with van der Waals surface area (Å²) in [6, 6.07) is 10.3. The van der Waals surface area contributed by atoms with Gasteiger partial charge in [-0.05, 0) is 0 Å². The number of halogens is 1. The van der Waals surface area contributed by atoms with E-state index >= 15 is 0 Å². The molecule has 1 nitrogen and oxygen atoms in total. The summed E-state index contributed by atoms with van der Waals surface area (Å²) in [5.74, 6) is 0. The van der Waals surface area contributed by atoms with Crippen LogP contribution in [0.5, 0.6) is 0 Å². The standard InChI is InChI=1S/C7H8IO/c1-9-8-7-5-3-2-4-6-7/h2-6H,1H3/q-1. The first-order chi connectivity index (χ1) is 4.43. The molecule has 0 fully saturated rings. The molecule has 9 heavy (non-hydrogen) atoms. The van der Waals surface area contributed by atoms with Crippen molar-refractivity contribution in [2.24, 2.45) is 0 Å². The van der Waals surface area contributed by atoms with Gasteiger partial charge < -0.3 is 0 Å². The van der Waals surface area contributed by atoms with Crippen LogP contribution in [0.1, 0.15) is 0 Å². The molecule has 0 saturated heterocycles. The molecule has 0 unspecified atom stereocenters. The molecule has 0 aromatic heterocycles. The minimum absolute atomic E-state index is 0.170. The van der Waals surface area contributed by atoms with Crippen LogP contribution in [-0.2, 0) is 3.07 Å². The van der Waals surface area contributed by atoms with Gasteiger partial charge in [0.05, 0.1) is 0 Å². The molecule has 0 aliphatic heterocycles. The Morgan fingerprint density at radius 1 is 1.22 bits per heavy atom. The van der Waals surface area contributed by atoms with Crippen molar-refractivity contribution in [1.29, 1.82) is 0 Å². The number of hydrogen-bond donors (Lipinski definition) is 0. The van der Waals surface area contributed by atoms with Gasteiger partial charge >= 0.3 is 65.7 Å². The van der Waals surface area contributed by atoms with Crippen molar-refractivity contribution >= 4 is 0 Å². The number of rotatable bonds is 2. The Labute approximate surface area is 65.8 Å². The van der Waals surface area contributed by atoms with Gasteiger partial charge in [0.25, 0.3) is 0 Å². The predicted molar refractivity (Wildman–Crippen MR) is 32.1 cm³/mol. The molecule has 50 valence electrons. The van der Waals surface area contributed by atoms with Gasteiger partial charge in [-0.25, -0.2) is 0 Å². The first-order valence-corrected chi connectivity index (χ1v) is 4.62. The molecular formula is C7H8IO-. The Balaban J connectivity index is 2.61. The molecule has 0 spiro atoms. The summed E-state index contributed by atoms with van der Waals surface area (Å²) >= 11 is -0.170. The van der Waals surface area contributed by atoms with Crippen LogP contribution < -0.4 is 21.6 Å². The van der Waals surface area contributed by atoms with E-state index in [2.05, 4.69) is 12.1 Å². The van der Waals surface area contributed by atoms with Crippen molar-refractivity contribution in [1.82, 2.24) is 0 Å². The van der Waals surface area contributed by atoms with Gasteiger partial charge in [0.1, 0.15) is 0 Å². The van der Waals surface area contributed by atoms with Gasteiger partial charge in [-0.15, -0.1) is 0 Å². The second-order valence-corrected chi connectivity index (χ2v) is 4.09. The normalized spacial score (nSPS) is 9.89. The van der Waals surface area contributed by atoms with Gasteiger partial charge in [0.2, 0.25) is 0 Å². The zero-order valence-corrected chi connectivity index (χ0v) is 7.33. The van der Waals surface area contributed by atoms with Crippen molar-refractivity contribution in [3.8, 4) is 0 Å². The Kier molecular flexibility index (Phi) is 3.00. The van der Waals surface area contributed by atoms with Crippen molar-refractivity contribution in [3.63, 3.8) is 0 Å². The third kappa shape index (κ3) is 2.32. The van der Waals surface area contributed by atoms with E-state index in [9.17, 15) is 0 Å². The fourth-order valence-corrected chi connectivity index (χ4v) is 1.77. The number of hydrogen-bond acceptors (Lipinski definition) is 1. The summed E-state index contributed by atoms with van der Waals surface area (Å²) in [4.78, 5) is 0. The molecule has 0 heterocycles. The van der Waals surface area contributed by atoms with Gasteiger partial charge in [0.15, 0.2) is 0 Å². The minimum atomic E-state index is -0.170. The molecule has 0 N–H and O–H groups in total. The summed E-state index contributed by atoms with van der Waals surface area (Å²) in [7, 11) is 1.75. The van der Waals surface area contributed by atoms with Crippen LogP contribution in [0.25, 0.3) is 0 Å². The maximum atomic E-state index is 5.04. The molecule has 2 heteroatoms. The average Bonchev–Trinajstić information content (AvgIpc) is 1.91. The topological polar surface area (TPSA) is 9.23 Å². The summed E-state index contributed by atoms with van der Waals surface area (Å²) in [5.41, 5.74) is 0. The van der Waals surface area contributed by atoms with E-state index in [-0.39, 0.29) is 21.6 Å². The van der Waals surface area contributed by atoms with E-state index in [0.717, 1.165) is 0 Å². The molecule has 0 saturated carbocycles. The van der Waals surface area contributed by atoms with Gasteiger partial charge in [-0.1, -0.05) is 0 Å². The van der Waals surface area contributed by atoms with Crippen LogP contribution in [0, 0.1) is 3.57 Å². The molecule has 0 bridgehead atoms. The van der Waals surface area contributed by atoms with E-state index in [1.165, 1.54) is 3.57 Å². The first kappa shape index (κ1) is 7.02. The fourth-order valence-electron chi connectivity index (χ4n) is 0.555. The Bertz CT molecular complexity index is 162. The monoisotopic (exact) mass is 235 g/mol. The van der Waals surface area contributed by atoms with Crippen molar-refractivity contribution in [2.45, 2.75) is 0 Å². The summed E-state index contributed by atoms with van der Waals surface area (Å²) in [5, 5.41) is 0. The van der Waals surface area contributed by atoms with E-state index in [1.54, 1.807) is 7.11 Å². The predicted octanol–water partition coefficient (Wildman–Crippen LogP) is -1.49. The Morgan fingerprint density at radius 2 is 1.89 bits per heavy atom. The van der Waals surface area contributed by atoms with Crippen molar-refractivity contribution < 1.29 is 24.7 Å². The van der Waals surface area contributed by atoms with Crippen molar-refractivity contribution in [3.05, 3.63) is 33.9 Å². The Hall–Kier alpha value is -0.0900. The first-order valence-electron chi connectivity index (χ1n) is 2.66. The molecule has 1 aromatic rings. The molecule has 0 amide bonds. The maximum absolute atomic E-state index is 5.04. The molecule has 1 aromatic carbocycles. The third-order valence-electron chi connectivity index (χ3n) is 0.899. The van der Waals surface area contributed by atoms with Crippen LogP contribution in [0.4, 0.5) is 0 Å². The molecule has 0 radical (unpaired) electrons. The van der Waals surface area contributed by atoms with Crippen LogP contribution >= 0.6 is 0 Å². The molecule has 1 rings (SSSR count). The second-order valence-electron chi connectivity index (χ2n) is 1.53. The summed E-state index contributed by atoms with van der Waals surface area (Å²) in [6.45, 7) is 0. The Morgan fingerprint density at radius 3 is 2.44 bits per heavy atom. The van der Waals surface area contributed by atoms with E-state index in [1.807, 2.05) is 18.2 Å². The van der Waals surface area contributed by atoms with E-state index in [0.29, 0.717) is 0 Å². The third-order valence-corrected chi connectivity index (χ3v) is 2.57. The zero-order valence-electron chi connectivity index (χ0n) is 5.17. The van der Waals surface area contributed by atoms with Gasteiger partial charge in [0, 0.05) is 0 Å². The van der Waals surface area contributed by atoms with E-state index < -0.39 is 0 Å². The SMILES string of the molecule is CO[I-]c1ccccc1. The van der Waals surface area contributed by atoms with Crippen LogP contribution in [0.2, 0.25) is 0 Å². The van der Waals surface area contributed by atoms with Gasteiger partial charge in [-0.3, -0.25) is 0 Å². The zero-order chi connectivity index (χ0) is 6.53. The fraction of sp³-hybridized carbons (Fsp3) is 0.143. The van der Waals surface area contributed by atoms with Crippen LogP contribution in [0.15, 0.2) is 30.3 Å². The summed E-state index contributed by atoms with van der Waals surface area (Å²) in [6.07, 6.45) is 0. The van der Waals surface area contributed by atoms with E-state index in [4.69, 9.17) is 3.07 Å².